The van der Waals surface area contributed by atoms with Crippen LogP contribution in [-0.2, 0) is 0 Å². The summed E-state index contributed by atoms with van der Waals surface area (Å²) >= 11 is 0. The van der Waals surface area contributed by atoms with Crippen LogP contribution in [0.2, 0.25) is 0 Å². The molecule has 0 saturated heterocycles. The molecule has 6 aromatic rings. The van der Waals surface area contributed by atoms with Gasteiger partial charge in [0, 0.05) is 34.6 Å². The molecule has 0 unspecified atom stereocenters. The summed E-state index contributed by atoms with van der Waals surface area (Å²) in [6, 6.07) is 24.2. The van der Waals surface area contributed by atoms with Gasteiger partial charge in [-0.25, -0.2) is 14.4 Å². The summed E-state index contributed by atoms with van der Waals surface area (Å²) in [7, 11) is 0. The van der Waals surface area contributed by atoms with Crippen LogP contribution in [0, 0.1) is 17.1 Å². The maximum Gasteiger partial charge on any atom is 0.137 e. The van der Waals surface area contributed by atoms with E-state index in [0.29, 0.717) is 5.56 Å². The van der Waals surface area contributed by atoms with Crippen LogP contribution in [0.25, 0.3) is 50.0 Å². The molecule has 3 aromatic carbocycles. The SMILES string of the molecule is N#Cc1cccc(-c2cnc3[nH]cc(-c4ccc5ncn(-c6ccc(F)cc6)c5c4)c3c2)c1. The molecule has 0 bridgehead atoms. The Morgan fingerprint density at radius 3 is 2.61 bits per heavy atom. The first-order valence-electron chi connectivity index (χ1n) is 10.4. The molecule has 0 amide bonds. The highest BCUT2D eigenvalue weighted by Gasteiger charge is 2.12. The van der Waals surface area contributed by atoms with E-state index in [1.165, 1.54) is 12.1 Å². The van der Waals surface area contributed by atoms with Crippen molar-refractivity contribution in [2.24, 2.45) is 0 Å². The van der Waals surface area contributed by atoms with Gasteiger partial charge >= 0.3 is 0 Å². The van der Waals surface area contributed by atoms with Gasteiger partial charge in [-0.1, -0.05) is 18.2 Å². The van der Waals surface area contributed by atoms with Crippen molar-refractivity contribution < 1.29 is 4.39 Å². The summed E-state index contributed by atoms with van der Waals surface area (Å²) in [5, 5.41) is 10.2. The fraction of sp³-hybridized carbons (Fsp3) is 0. The topological polar surface area (TPSA) is 70.3 Å². The normalized spacial score (nSPS) is 11.2. The van der Waals surface area contributed by atoms with Crippen LogP contribution >= 0.6 is 0 Å². The average Bonchev–Trinajstić information content (AvgIpc) is 3.48. The van der Waals surface area contributed by atoms with Gasteiger partial charge in [-0.15, -0.1) is 0 Å². The zero-order valence-electron chi connectivity index (χ0n) is 17.3. The number of nitrogens with zero attached hydrogens (tertiary/aromatic N) is 4. The molecular weight excluding hydrogens is 413 g/mol. The van der Waals surface area contributed by atoms with Gasteiger partial charge in [-0.05, 0) is 65.7 Å². The number of fused-ring (bicyclic) bond motifs is 2. The van der Waals surface area contributed by atoms with Gasteiger partial charge in [0.2, 0.25) is 0 Å². The first-order valence-corrected chi connectivity index (χ1v) is 10.4. The molecular formula is C27H16FN5. The third-order valence-electron chi connectivity index (χ3n) is 5.82. The standard InChI is InChI=1S/C27H16FN5/c28-21-5-7-22(8-6-21)33-16-32-25-9-4-19(12-26(25)33)24-15-31-27-23(24)11-20(14-30-27)18-3-1-2-17(10-18)13-29/h1-12,14-16H,(H,30,31). The van der Waals surface area contributed by atoms with Crippen molar-refractivity contribution in [1.82, 2.24) is 19.5 Å². The second-order valence-corrected chi connectivity index (χ2v) is 7.81. The van der Waals surface area contributed by atoms with E-state index in [4.69, 9.17) is 0 Å². The predicted octanol–water partition coefficient (Wildman–Crippen LogP) is 6.25. The van der Waals surface area contributed by atoms with Crippen LogP contribution in [0.5, 0.6) is 0 Å². The third-order valence-corrected chi connectivity index (χ3v) is 5.82. The lowest BCUT2D eigenvalue weighted by Crippen LogP contribution is -1.92. The van der Waals surface area contributed by atoms with Crippen molar-refractivity contribution in [2.45, 2.75) is 0 Å². The van der Waals surface area contributed by atoms with Crippen molar-refractivity contribution in [3.63, 3.8) is 0 Å². The second-order valence-electron chi connectivity index (χ2n) is 7.81. The molecule has 0 atom stereocenters. The monoisotopic (exact) mass is 429 g/mol. The Bertz CT molecular complexity index is 1690. The van der Waals surface area contributed by atoms with Gasteiger partial charge in [-0.2, -0.15) is 5.26 Å². The number of benzene rings is 3. The van der Waals surface area contributed by atoms with Crippen LogP contribution in [0.1, 0.15) is 5.56 Å². The van der Waals surface area contributed by atoms with E-state index in [1.54, 1.807) is 24.5 Å². The number of rotatable bonds is 3. The number of hydrogen-bond donors (Lipinski definition) is 1. The molecule has 33 heavy (non-hydrogen) atoms. The van der Waals surface area contributed by atoms with E-state index >= 15 is 0 Å². The molecule has 156 valence electrons. The molecule has 0 fully saturated rings. The molecule has 0 aliphatic heterocycles. The van der Waals surface area contributed by atoms with E-state index in [2.05, 4.69) is 33.2 Å². The van der Waals surface area contributed by atoms with Crippen LogP contribution < -0.4 is 0 Å². The van der Waals surface area contributed by atoms with Gasteiger partial charge in [0.05, 0.1) is 22.7 Å². The molecule has 3 heterocycles. The van der Waals surface area contributed by atoms with Crippen molar-refractivity contribution in [2.75, 3.05) is 0 Å². The third kappa shape index (κ3) is 3.24. The summed E-state index contributed by atoms with van der Waals surface area (Å²) in [6.07, 6.45) is 5.51. The number of imidazole rings is 1. The minimum absolute atomic E-state index is 0.272. The number of nitriles is 1. The lowest BCUT2D eigenvalue weighted by Gasteiger charge is -2.07. The van der Waals surface area contributed by atoms with Crippen LogP contribution in [0.3, 0.4) is 0 Å². The lowest BCUT2D eigenvalue weighted by molar-refractivity contribution is 0.627. The van der Waals surface area contributed by atoms with E-state index in [0.717, 1.165) is 50.0 Å². The van der Waals surface area contributed by atoms with Gasteiger partial charge in [0.15, 0.2) is 0 Å². The molecule has 1 N–H and O–H groups in total. The summed E-state index contributed by atoms with van der Waals surface area (Å²) in [5.74, 6) is -0.272. The number of hydrogen-bond acceptors (Lipinski definition) is 3. The number of H-pyrrole nitrogens is 1. The quantitative estimate of drug-likeness (QED) is 0.362. The Hall–Kier alpha value is -4.76. The highest BCUT2D eigenvalue weighted by atomic mass is 19.1. The minimum atomic E-state index is -0.272. The highest BCUT2D eigenvalue weighted by molar-refractivity contribution is 5.97. The maximum atomic E-state index is 13.4. The Morgan fingerprint density at radius 2 is 1.76 bits per heavy atom. The summed E-state index contributed by atoms with van der Waals surface area (Å²) in [5.41, 5.74) is 7.95. The van der Waals surface area contributed by atoms with Crippen molar-refractivity contribution in [3.05, 3.63) is 103 Å². The van der Waals surface area contributed by atoms with Gasteiger partial charge in [-0.3, -0.25) is 4.57 Å². The smallest absolute Gasteiger partial charge is 0.137 e. The van der Waals surface area contributed by atoms with Gasteiger partial charge in [0.1, 0.15) is 17.8 Å². The zero-order chi connectivity index (χ0) is 22.4. The van der Waals surface area contributed by atoms with Gasteiger partial charge < -0.3 is 4.98 Å². The van der Waals surface area contributed by atoms with Crippen molar-refractivity contribution in [3.8, 4) is 34.0 Å². The molecule has 0 aliphatic carbocycles. The first-order chi connectivity index (χ1) is 16.2. The fourth-order valence-corrected chi connectivity index (χ4v) is 4.15. The van der Waals surface area contributed by atoms with Crippen LogP contribution in [-0.4, -0.2) is 19.5 Å². The molecule has 5 nitrogen and oxygen atoms in total. The Labute approximate surface area is 188 Å². The van der Waals surface area contributed by atoms with Crippen molar-refractivity contribution >= 4 is 22.1 Å². The Morgan fingerprint density at radius 1 is 0.879 bits per heavy atom. The first kappa shape index (κ1) is 19.0. The summed E-state index contributed by atoms with van der Waals surface area (Å²) < 4.78 is 15.3. The number of pyridine rings is 1. The Balaban J connectivity index is 1.49. The molecule has 0 aliphatic rings. The van der Waals surface area contributed by atoms with E-state index < -0.39 is 0 Å². The largest absolute Gasteiger partial charge is 0.346 e. The predicted molar refractivity (Wildman–Crippen MR) is 126 cm³/mol. The molecule has 0 saturated carbocycles. The fourth-order valence-electron chi connectivity index (χ4n) is 4.15. The van der Waals surface area contributed by atoms with E-state index in [-0.39, 0.29) is 5.82 Å². The maximum absolute atomic E-state index is 13.4. The minimum Gasteiger partial charge on any atom is -0.346 e. The second kappa shape index (κ2) is 7.43. The van der Waals surface area contributed by atoms with E-state index in [9.17, 15) is 9.65 Å². The highest BCUT2D eigenvalue weighted by Crippen LogP contribution is 2.33. The number of nitrogens with one attached hydrogen (secondary N) is 1. The Kier molecular flexibility index (Phi) is 4.27. The van der Waals surface area contributed by atoms with Crippen LogP contribution in [0.15, 0.2) is 91.5 Å². The number of aromatic amines is 1. The molecule has 0 spiro atoms. The molecule has 0 radical (unpaired) electrons. The van der Waals surface area contributed by atoms with Gasteiger partial charge in [0.25, 0.3) is 0 Å². The molecule has 6 heteroatoms. The number of aromatic nitrogens is 4. The van der Waals surface area contributed by atoms with E-state index in [1.807, 2.05) is 47.3 Å². The lowest BCUT2D eigenvalue weighted by atomic mass is 10.0. The summed E-state index contributed by atoms with van der Waals surface area (Å²) in [4.78, 5) is 12.3. The summed E-state index contributed by atoms with van der Waals surface area (Å²) in [6.45, 7) is 0. The number of halogens is 1. The molecule has 3 aromatic heterocycles. The molecule has 6 rings (SSSR count). The zero-order valence-corrected chi connectivity index (χ0v) is 17.3. The van der Waals surface area contributed by atoms with Crippen LogP contribution in [0.4, 0.5) is 4.39 Å². The average molecular weight is 429 g/mol. The van der Waals surface area contributed by atoms with Crippen molar-refractivity contribution in [1.29, 1.82) is 5.26 Å².